The summed E-state index contributed by atoms with van der Waals surface area (Å²) in [6, 6.07) is 19.5. The lowest BCUT2D eigenvalue weighted by Crippen LogP contribution is -2.55. The van der Waals surface area contributed by atoms with Crippen molar-refractivity contribution in [2.75, 3.05) is 26.7 Å². The summed E-state index contributed by atoms with van der Waals surface area (Å²) in [5.74, 6) is 2.68. The number of para-hydroxylation sites is 2. The van der Waals surface area contributed by atoms with Gasteiger partial charge in [0, 0.05) is 25.7 Å². The number of carbonyl (C=O) groups excluding carboxylic acids is 1. The Labute approximate surface area is 198 Å². The highest BCUT2D eigenvalue weighted by Crippen LogP contribution is 2.39. The SMILES string of the molecule is COc1ccc2c(c1)C(N1CCN(C(=O)Cc3ccc(F)cc3)C(C)C1)=Nc1ccccc1O2. The second-order valence-electron chi connectivity index (χ2n) is 8.55. The van der Waals surface area contributed by atoms with Gasteiger partial charge in [0.05, 0.1) is 19.1 Å². The zero-order chi connectivity index (χ0) is 23.7. The highest BCUT2D eigenvalue weighted by atomic mass is 19.1. The Morgan fingerprint density at radius 2 is 1.88 bits per heavy atom. The predicted octanol–water partition coefficient (Wildman–Crippen LogP) is 4.79. The number of amidine groups is 1. The standard InChI is InChI=1S/C27H26FN3O3/c1-18-17-30(13-14-31(18)26(32)15-19-7-9-20(28)10-8-19)27-22-16-21(33-2)11-12-24(22)34-25-6-4-3-5-23(25)29-27/h3-12,16,18H,13-15,17H2,1-2H3. The van der Waals surface area contributed by atoms with Crippen LogP contribution in [0.5, 0.6) is 17.2 Å². The molecule has 2 heterocycles. The van der Waals surface area contributed by atoms with Crippen molar-refractivity contribution in [3.63, 3.8) is 0 Å². The molecule has 3 aromatic rings. The van der Waals surface area contributed by atoms with Crippen LogP contribution >= 0.6 is 0 Å². The highest BCUT2D eigenvalue weighted by molar-refractivity contribution is 6.04. The van der Waals surface area contributed by atoms with Crippen LogP contribution in [0, 0.1) is 5.82 Å². The number of amides is 1. The summed E-state index contributed by atoms with van der Waals surface area (Å²) in [5, 5.41) is 0. The molecule has 1 amide bonds. The second-order valence-corrected chi connectivity index (χ2v) is 8.55. The van der Waals surface area contributed by atoms with E-state index in [0.717, 1.165) is 28.4 Å². The molecule has 1 fully saturated rings. The van der Waals surface area contributed by atoms with Crippen LogP contribution in [0.2, 0.25) is 0 Å². The average Bonchev–Trinajstić information content (AvgIpc) is 3.01. The average molecular weight is 460 g/mol. The minimum absolute atomic E-state index is 0.0159. The summed E-state index contributed by atoms with van der Waals surface area (Å²) in [6.07, 6.45) is 0.257. The molecule has 0 aromatic heterocycles. The van der Waals surface area contributed by atoms with Gasteiger partial charge in [-0.05, 0) is 55.0 Å². The zero-order valence-corrected chi connectivity index (χ0v) is 19.2. The summed E-state index contributed by atoms with van der Waals surface area (Å²) in [7, 11) is 1.64. The normalized spacial score (nSPS) is 17.1. The third-order valence-corrected chi connectivity index (χ3v) is 6.26. The smallest absolute Gasteiger partial charge is 0.227 e. The van der Waals surface area contributed by atoms with Gasteiger partial charge in [0.15, 0.2) is 5.75 Å². The molecular weight excluding hydrogens is 433 g/mol. The number of hydrogen-bond donors (Lipinski definition) is 0. The molecule has 1 unspecified atom stereocenters. The van der Waals surface area contributed by atoms with E-state index in [2.05, 4.69) is 4.90 Å². The summed E-state index contributed by atoms with van der Waals surface area (Å²) in [4.78, 5) is 22.1. The molecule has 3 aromatic carbocycles. The Morgan fingerprint density at radius 3 is 2.65 bits per heavy atom. The van der Waals surface area contributed by atoms with Crippen LogP contribution in [-0.4, -0.2) is 54.3 Å². The van der Waals surface area contributed by atoms with Crippen molar-refractivity contribution in [2.24, 2.45) is 4.99 Å². The van der Waals surface area contributed by atoms with Crippen LogP contribution in [0.1, 0.15) is 18.1 Å². The second kappa shape index (κ2) is 9.17. The molecular formula is C27H26FN3O3. The van der Waals surface area contributed by atoms with Gasteiger partial charge in [-0.15, -0.1) is 0 Å². The van der Waals surface area contributed by atoms with Crippen LogP contribution in [-0.2, 0) is 11.2 Å². The Balaban J connectivity index is 1.40. The van der Waals surface area contributed by atoms with Crippen LogP contribution in [0.4, 0.5) is 10.1 Å². The first-order valence-corrected chi connectivity index (χ1v) is 11.3. The van der Waals surface area contributed by atoms with E-state index >= 15 is 0 Å². The number of halogens is 1. The first kappa shape index (κ1) is 21.9. The van der Waals surface area contributed by atoms with E-state index in [1.807, 2.05) is 54.3 Å². The third kappa shape index (κ3) is 4.33. The molecule has 1 atom stereocenters. The van der Waals surface area contributed by atoms with E-state index in [9.17, 15) is 9.18 Å². The molecule has 5 rings (SSSR count). The van der Waals surface area contributed by atoms with Crippen molar-refractivity contribution in [3.8, 4) is 17.2 Å². The number of fused-ring (bicyclic) bond motifs is 2. The molecule has 0 spiro atoms. The van der Waals surface area contributed by atoms with E-state index < -0.39 is 0 Å². The fourth-order valence-corrected chi connectivity index (χ4v) is 4.47. The first-order chi connectivity index (χ1) is 16.5. The number of methoxy groups -OCH3 is 1. The van der Waals surface area contributed by atoms with Crippen molar-refractivity contribution in [3.05, 3.63) is 83.7 Å². The number of hydrogen-bond acceptors (Lipinski definition) is 5. The monoisotopic (exact) mass is 459 g/mol. The molecule has 7 heteroatoms. The minimum Gasteiger partial charge on any atom is -0.497 e. The number of benzene rings is 3. The van der Waals surface area contributed by atoms with Gasteiger partial charge in [0.2, 0.25) is 5.91 Å². The fraction of sp³-hybridized carbons (Fsp3) is 0.259. The van der Waals surface area contributed by atoms with Gasteiger partial charge in [-0.25, -0.2) is 9.38 Å². The number of rotatable bonds is 3. The molecule has 2 aliphatic rings. The number of aliphatic imine (C=N–C) groups is 1. The fourth-order valence-electron chi connectivity index (χ4n) is 4.47. The predicted molar refractivity (Wildman–Crippen MR) is 129 cm³/mol. The van der Waals surface area contributed by atoms with Gasteiger partial charge in [-0.3, -0.25) is 4.79 Å². The van der Waals surface area contributed by atoms with Crippen LogP contribution in [0.15, 0.2) is 71.7 Å². The number of carbonyl (C=O) groups is 1. The molecule has 0 radical (unpaired) electrons. The molecule has 2 aliphatic heterocycles. The number of piperazine rings is 1. The first-order valence-electron chi connectivity index (χ1n) is 11.3. The maximum absolute atomic E-state index is 13.2. The lowest BCUT2D eigenvalue weighted by atomic mass is 10.1. The van der Waals surface area contributed by atoms with Gasteiger partial charge in [0.25, 0.3) is 0 Å². The minimum atomic E-state index is -0.301. The van der Waals surface area contributed by atoms with Gasteiger partial charge in [-0.1, -0.05) is 24.3 Å². The molecule has 0 aliphatic carbocycles. The van der Waals surface area contributed by atoms with E-state index in [1.54, 1.807) is 19.2 Å². The van der Waals surface area contributed by atoms with Crippen molar-refractivity contribution in [1.29, 1.82) is 0 Å². The van der Waals surface area contributed by atoms with Gasteiger partial charge in [-0.2, -0.15) is 0 Å². The third-order valence-electron chi connectivity index (χ3n) is 6.26. The molecule has 0 bridgehead atoms. The Bertz CT molecular complexity index is 1240. The zero-order valence-electron chi connectivity index (χ0n) is 19.2. The summed E-state index contributed by atoms with van der Waals surface area (Å²) in [6.45, 7) is 3.88. The largest absolute Gasteiger partial charge is 0.497 e. The van der Waals surface area contributed by atoms with E-state index in [4.69, 9.17) is 14.5 Å². The molecule has 34 heavy (non-hydrogen) atoms. The van der Waals surface area contributed by atoms with E-state index in [-0.39, 0.29) is 24.2 Å². The summed E-state index contributed by atoms with van der Waals surface area (Å²) < 4.78 is 24.9. The highest BCUT2D eigenvalue weighted by Gasteiger charge is 2.31. The molecule has 174 valence electrons. The van der Waals surface area contributed by atoms with Crippen LogP contribution < -0.4 is 9.47 Å². The van der Waals surface area contributed by atoms with Crippen molar-refractivity contribution < 1.29 is 18.7 Å². The van der Waals surface area contributed by atoms with Crippen molar-refractivity contribution in [2.45, 2.75) is 19.4 Å². The van der Waals surface area contributed by atoms with Crippen LogP contribution in [0.25, 0.3) is 0 Å². The van der Waals surface area contributed by atoms with Gasteiger partial charge < -0.3 is 19.3 Å². The number of ether oxygens (including phenoxy) is 2. The molecule has 0 N–H and O–H groups in total. The molecule has 0 saturated carbocycles. The van der Waals surface area contributed by atoms with Gasteiger partial charge >= 0.3 is 0 Å². The van der Waals surface area contributed by atoms with Crippen molar-refractivity contribution in [1.82, 2.24) is 9.80 Å². The van der Waals surface area contributed by atoms with Crippen LogP contribution in [0.3, 0.4) is 0 Å². The number of nitrogens with zero attached hydrogens (tertiary/aromatic N) is 3. The Morgan fingerprint density at radius 1 is 1.09 bits per heavy atom. The van der Waals surface area contributed by atoms with Crippen molar-refractivity contribution >= 4 is 17.4 Å². The summed E-state index contributed by atoms with van der Waals surface area (Å²) in [5.41, 5.74) is 2.42. The lowest BCUT2D eigenvalue weighted by Gasteiger charge is -2.41. The van der Waals surface area contributed by atoms with Gasteiger partial charge in [0.1, 0.15) is 28.8 Å². The van der Waals surface area contributed by atoms with E-state index in [1.165, 1.54) is 12.1 Å². The summed E-state index contributed by atoms with van der Waals surface area (Å²) >= 11 is 0. The maximum atomic E-state index is 13.2. The topological polar surface area (TPSA) is 54.4 Å². The lowest BCUT2D eigenvalue weighted by molar-refractivity contribution is -0.134. The quantitative estimate of drug-likeness (QED) is 0.565. The van der Waals surface area contributed by atoms with E-state index in [0.29, 0.717) is 31.1 Å². The maximum Gasteiger partial charge on any atom is 0.227 e. The Hall–Kier alpha value is -3.87. The Kier molecular flexibility index (Phi) is 5.92. The molecule has 1 saturated heterocycles. The molecule has 6 nitrogen and oxygen atoms in total.